The fourth-order valence-corrected chi connectivity index (χ4v) is 2.78. The minimum Gasteiger partial charge on any atom is -0.290 e. The maximum absolute atomic E-state index is 11.8. The predicted octanol–water partition coefficient (Wildman–Crippen LogP) is 3.23. The van der Waals surface area contributed by atoms with Crippen molar-refractivity contribution in [1.82, 2.24) is 9.97 Å². The summed E-state index contributed by atoms with van der Waals surface area (Å²) in [6.07, 6.45) is 3.44. The lowest BCUT2D eigenvalue weighted by Gasteiger charge is -2.02. The van der Waals surface area contributed by atoms with E-state index in [1.54, 1.807) is 24.5 Å². The summed E-state index contributed by atoms with van der Waals surface area (Å²) in [5.74, 6) is 0. The second-order valence-electron chi connectivity index (χ2n) is 3.95. The number of hydrogen-bond acceptors (Lipinski definition) is 4. The van der Waals surface area contributed by atoms with E-state index in [1.165, 1.54) is 11.3 Å². The van der Waals surface area contributed by atoms with Crippen LogP contribution < -0.4 is 5.43 Å². The van der Waals surface area contributed by atoms with E-state index >= 15 is 0 Å². The minimum atomic E-state index is -0.0277. The van der Waals surface area contributed by atoms with Crippen LogP contribution in [0.5, 0.6) is 0 Å². The molecular weight excluding hydrogens is 256 g/mol. The highest BCUT2D eigenvalue weighted by Gasteiger charge is 2.06. The first-order chi connectivity index (χ1) is 9.33. The lowest BCUT2D eigenvalue weighted by Crippen LogP contribution is -1.97. The molecule has 0 unspecified atom stereocenters. The molecule has 0 atom stereocenters. The molecule has 19 heavy (non-hydrogen) atoms. The van der Waals surface area contributed by atoms with Gasteiger partial charge < -0.3 is 0 Å². The molecule has 0 bridgehead atoms. The first kappa shape index (κ1) is 11.7. The van der Waals surface area contributed by atoms with Gasteiger partial charge in [0.15, 0.2) is 5.43 Å². The molecular formula is C15H10N2OS. The van der Waals surface area contributed by atoms with Gasteiger partial charge in [-0.25, -0.2) is 0 Å². The van der Waals surface area contributed by atoms with Crippen molar-refractivity contribution in [3.63, 3.8) is 0 Å². The third-order valence-corrected chi connectivity index (χ3v) is 3.70. The van der Waals surface area contributed by atoms with Crippen molar-refractivity contribution in [1.29, 1.82) is 0 Å². The molecule has 0 aliphatic rings. The average Bonchev–Trinajstić information content (AvgIpc) is 2.48. The molecule has 0 amide bonds. The Morgan fingerprint density at radius 2 is 1.32 bits per heavy atom. The standard InChI is InChI=1S/C15H10N2OS/c18-11-9-14(12-5-1-3-7-16-12)19-15(10-11)13-6-2-4-8-17-13/h1-10H. The van der Waals surface area contributed by atoms with Crippen LogP contribution in [0.25, 0.3) is 21.1 Å². The van der Waals surface area contributed by atoms with Gasteiger partial charge in [0.25, 0.3) is 0 Å². The van der Waals surface area contributed by atoms with Gasteiger partial charge in [0, 0.05) is 24.5 Å². The molecule has 0 aromatic carbocycles. The van der Waals surface area contributed by atoms with Crippen LogP contribution in [0.15, 0.2) is 65.7 Å². The van der Waals surface area contributed by atoms with Gasteiger partial charge in [0.1, 0.15) is 0 Å². The van der Waals surface area contributed by atoms with E-state index in [1.807, 2.05) is 36.4 Å². The van der Waals surface area contributed by atoms with E-state index in [0.29, 0.717) is 0 Å². The zero-order valence-corrected chi connectivity index (χ0v) is 10.8. The van der Waals surface area contributed by atoms with Gasteiger partial charge in [-0.1, -0.05) is 12.1 Å². The summed E-state index contributed by atoms with van der Waals surface area (Å²) in [6, 6.07) is 14.5. The van der Waals surface area contributed by atoms with Crippen LogP contribution in [0, 0.1) is 0 Å². The topological polar surface area (TPSA) is 42.9 Å². The number of aromatic nitrogens is 2. The monoisotopic (exact) mass is 266 g/mol. The lowest BCUT2D eigenvalue weighted by atomic mass is 10.2. The first-order valence-corrected chi connectivity index (χ1v) is 6.62. The zero-order valence-electron chi connectivity index (χ0n) is 9.98. The lowest BCUT2D eigenvalue weighted by molar-refractivity contribution is 1.33. The Bertz CT molecular complexity index is 678. The van der Waals surface area contributed by atoms with Gasteiger partial charge >= 0.3 is 0 Å². The molecule has 3 heterocycles. The third kappa shape index (κ3) is 2.58. The Morgan fingerprint density at radius 3 is 1.74 bits per heavy atom. The second-order valence-corrected chi connectivity index (χ2v) is 5.04. The van der Waals surface area contributed by atoms with Crippen molar-refractivity contribution < 1.29 is 0 Å². The molecule has 0 spiro atoms. The molecule has 3 aromatic heterocycles. The van der Waals surface area contributed by atoms with Gasteiger partial charge in [-0.15, -0.1) is 11.3 Å². The van der Waals surface area contributed by atoms with E-state index in [-0.39, 0.29) is 5.43 Å². The number of rotatable bonds is 2. The van der Waals surface area contributed by atoms with E-state index in [0.717, 1.165) is 21.1 Å². The van der Waals surface area contributed by atoms with Crippen molar-refractivity contribution >= 4 is 11.3 Å². The Labute approximate surface area is 114 Å². The molecule has 0 saturated carbocycles. The number of hydrogen-bond donors (Lipinski definition) is 0. The Hall–Kier alpha value is -2.33. The summed E-state index contributed by atoms with van der Waals surface area (Å²) in [6.45, 7) is 0. The minimum absolute atomic E-state index is 0.0277. The summed E-state index contributed by atoms with van der Waals surface area (Å²) in [5, 5.41) is 0. The summed E-state index contributed by atoms with van der Waals surface area (Å²) in [7, 11) is 0. The van der Waals surface area contributed by atoms with Crippen LogP contribution in [-0.4, -0.2) is 9.97 Å². The van der Waals surface area contributed by atoms with Gasteiger partial charge in [-0.3, -0.25) is 14.8 Å². The largest absolute Gasteiger partial charge is 0.290 e. The van der Waals surface area contributed by atoms with E-state index in [2.05, 4.69) is 9.97 Å². The second kappa shape index (κ2) is 5.12. The highest BCUT2D eigenvalue weighted by Crippen LogP contribution is 2.28. The smallest absolute Gasteiger partial charge is 0.181 e. The molecule has 3 nitrogen and oxygen atoms in total. The maximum atomic E-state index is 11.8. The average molecular weight is 266 g/mol. The molecule has 0 N–H and O–H groups in total. The molecule has 0 saturated heterocycles. The van der Waals surface area contributed by atoms with Crippen LogP contribution in [0.1, 0.15) is 0 Å². The molecule has 92 valence electrons. The summed E-state index contributed by atoms with van der Waals surface area (Å²) < 4.78 is 0. The van der Waals surface area contributed by atoms with Gasteiger partial charge in [0.05, 0.1) is 21.1 Å². The SMILES string of the molecule is O=c1cc(-c2ccccn2)sc(-c2ccccn2)c1. The van der Waals surface area contributed by atoms with E-state index in [4.69, 9.17) is 0 Å². The fourth-order valence-electron chi connectivity index (χ4n) is 1.75. The number of nitrogens with zero attached hydrogens (tertiary/aromatic N) is 2. The van der Waals surface area contributed by atoms with E-state index in [9.17, 15) is 4.79 Å². The van der Waals surface area contributed by atoms with Gasteiger partial charge in [-0.2, -0.15) is 0 Å². The Balaban J connectivity index is 2.15. The van der Waals surface area contributed by atoms with Crippen LogP contribution in [0.4, 0.5) is 0 Å². The van der Waals surface area contributed by atoms with Crippen LogP contribution in [0.3, 0.4) is 0 Å². The molecule has 0 aliphatic carbocycles. The van der Waals surface area contributed by atoms with Crippen molar-refractivity contribution in [3.05, 3.63) is 71.1 Å². The summed E-state index contributed by atoms with van der Waals surface area (Å²) >= 11 is 1.52. The molecule has 3 rings (SSSR count). The zero-order chi connectivity index (χ0) is 13.1. The highest BCUT2D eigenvalue weighted by atomic mass is 32.1. The summed E-state index contributed by atoms with van der Waals surface area (Å²) in [5.41, 5.74) is 1.59. The van der Waals surface area contributed by atoms with E-state index < -0.39 is 0 Å². The molecule has 0 aliphatic heterocycles. The van der Waals surface area contributed by atoms with Gasteiger partial charge in [-0.05, 0) is 24.3 Å². The van der Waals surface area contributed by atoms with Crippen molar-refractivity contribution in [2.75, 3.05) is 0 Å². The molecule has 4 heteroatoms. The first-order valence-electron chi connectivity index (χ1n) is 5.81. The maximum Gasteiger partial charge on any atom is 0.181 e. The van der Waals surface area contributed by atoms with Crippen molar-refractivity contribution in [3.8, 4) is 21.1 Å². The predicted molar refractivity (Wildman–Crippen MR) is 77.1 cm³/mol. The highest BCUT2D eigenvalue weighted by molar-refractivity contribution is 7.18. The molecule has 3 aromatic rings. The van der Waals surface area contributed by atoms with Crippen molar-refractivity contribution in [2.24, 2.45) is 0 Å². The van der Waals surface area contributed by atoms with Crippen LogP contribution in [0.2, 0.25) is 0 Å². The van der Waals surface area contributed by atoms with Crippen LogP contribution >= 0.6 is 11.3 Å². The summed E-state index contributed by atoms with van der Waals surface area (Å²) in [4.78, 5) is 22.1. The van der Waals surface area contributed by atoms with Crippen LogP contribution in [-0.2, 0) is 0 Å². The van der Waals surface area contributed by atoms with Crippen molar-refractivity contribution in [2.45, 2.75) is 0 Å². The Kier molecular flexibility index (Phi) is 3.16. The normalized spacial score (nSPS) is 10.3. The Morgan fingerprint density at radius 1 is 0.789 bits per heavy atom. The quantitative estimate of drug-likeness (QED) is 0.715. The molecule has 0 fully saturated rings. The fraction of sp³-hybridized carbons (Fsp3) is 0. The van der Waals surface area contributed by atoms with Gasteiger partial charge in [0.2, 0.25) is 0 Å². The number of pyridine rings is 2. The third-order valence-electron chi connectivity index (χ3n) is 2.60. The molecule has 0 radical (unpaired) electrons.